The molecular weight excluding hydrogens is 335 g/mol. The van der Waals surface area contributed by atoms with Crippen LogP contribution in [0.15, 0.2) is 30.6 Å². The highest BCUT2D eigenvalue weighted by atomic mass is 19.4. The van der Waals surface area contributed by atoms with E-state index in [9.17, 15) is 23.1 Å². The molecule has 8 heteroatoms. The maximum atomic E-state index is 13.4. The van der Waals surface area contributed by atoms with E-state index in [2.05, 4.69) is 10.3 Å². The second-order valence-corrected chi connectivity index (χ2v) is 6.02. The van der Waals surface area contributed by atoms with E-state index in [1.165, 1.54) is 19.4 Å². The largest absolute Gasteiger partial charge is 0.424 e. The highest BCUT2D eigenvalue weighted by Gasteiger charge is 2.57. The van der Waals surface area contributed by atoms with Gasteiger partial charge in [0, 0.05) is 38.0 Å². The highest BCUT2D eigenvalue weighted by molar-refractivity contribution is 5.94. The van der Waals surface area contributed by atoms with E-state index in [0.29, 0.717) is 5.56 Å². The van der Waals surface area contributed by atoms with Crippen LogP contribution >= 0.6 is 0 Å². The monoisotopic (exact) mass is 355 g/mol. The lowest BCUT2D eigenvalue weighted by atomic mass is 9.97. The first kappa shape index (κ1) is 19.0. The van der Waals surface area contributed by atoms with Crippen molar-refractivity contribution in [2.75, 3.05) is 6.54 Å². The predicted molar refractivity (Wildman–Crippen MR) is 86.0 cm³/mol. The number of imidazole rings is 1. The Morgan fingerprint density at radius 2 is 1.96 bits per heavy atom. The Morgan fingerprint density at radius 1 is 1.28 bits per heavy atom. The van der Waals surface area contributed by atoms with Gasteiger partial charge in [-0.1, -0.05) is 6.07 Å². The summed E-state index contributed by atoms with van der Waals surface area (Å²) < 4.78 is 41.2. The van der Waals surface area contributed by atoms with Gasteiger partial charge >= 0.3 is 6.18 Å². The summed E-state index contributed by atoms with van der Waals surface area (Å²) in [6, 6.07) is 5.04. The van der Waals surface area contributed by atoms with Crippen molar-refractivity contribution in [2.45, 2.75) is 32.0 Å². The molecule has 2 N–H and O–H groups in total. The van der Waals surface area contributed by atoms with Crippen LogP contribution in [0.1, 0.15) is 33.7 Å². The first-order valence-corrected chi connectivity index (χ1v) is 7.68. The van der Waals surface area contributed by atoms with E-state index in [1.807, 2.05) is 13.8 Å². The summed E-state index contributed by atoms with van der Waals surface area (Å²) in [5, 5.41) is 12.6. The number of aryl methyl sites for hydroxylation is 3. The Hall–Kier alpha value is -2.35. The minimum absolute atomic E-state index is 0.353. The zero-order valence-electron chi connectivity index (χ0n) is 14.2. The summed E-state index contributed by atoms with van der Waals surface area (Å²) in [6.45, 7) is 3.39. The molecule has 0 aliphatic carbocycles. The summed E-state index contributed by atoms with van der Waals surface area (Å²) in [5.41, 5.74) is -0.859. The third-order valence-electron chi connectivity index (χ3n) is 4.20. The summed E-state index contributed by atoms with van der Waals surface area (Å²) in [7, 11) is 1.37. The van der Waals surface area contributed by atoms with E-state index >= 15 is 0 Å². The zero-order chi connectivity index (χ0) is 18.8. The van der Waals surface area contributed by atoms with Crippen LogP contribution in [-0.4, -0.2) is 33.3 Å². The molecule has 0 spiro atoms. The van der Waals surface area contributed by atoms with Crippen molar-refractivity contribution in [1.29, 1.82) is 0 Å². The van der Waals surface area contributed by atoms with Gasteiger partial charge < -0.3 is 15.0 Å². The number of alkyl halides is 3. The number of halogens is 3. The maximum Gasteiger partial charge on any atom is 0.424 e. The molecule has 0 fully saturated rings. The van der Waals surface area contributed by atoms with Gasteiger partial charge in [-0.05, 0) is 37.1 Å². The zero-order valence-corrected chi connectivity index (χ0v) is 14.2. The van der Waals surface area contributed by atoms with Crippen molar-refractivity contribution in [3.8, 4) is 0 Å². The van der Waals surface area contributed by atoms with E-state index in [-0.39, 0.29) is 6.54 Å². The minimum atomic E-state index is -4.92. The van der Waals surface area contributed by atoms with Gasteiger partial charge in [0.1, 0.15) is 5.82 Å². The fourth-order valence-corrected chi connectivity index (χ4v) is 2.49. The molecule has 1 aromatic heterocycles. The molecule has 0 saturated heterocycles. The number of carbonyl (C=O) groups excluding carboxylic acids is 1. The molecule has 25 heavy (non-hydrogen) atoms. The highest BCUT2D eigenvalue weighted by Crippen LogP contribution is 2.40. The molecule has 2 aromatic rings. The lowest BCUT2D eigenvalue weighted by Crippen LogP contribution is -2.46. The van der Waals surface area contributed by atoms with Gasteiger partial charge in [0.25, 0.3) is 5.91 Å². The van der Waals surface area contributed by atoms with E-state index in [0.717, 1.165) is 15.7 Å². The fourth-order valence-electron chi connectivity index (χ4n) is 2.49. The first-order valence-electron chi connectivity index (χ1n) is 7.68. The Labute approximate surface area is 143 Å². The Bertz CT molecular complexity index is 771. The van der Waals surface area contributed by atoms with E-state index in [4.69, 9.17) is 0 Å². The van der Waals surface area contributed by atoms with Crippen molar-refractivity contribution >= 4 is 5.91 Å². The quantitative estimate of drug-likeness (QED) is 0.866. The van der Waals surface area contributed by atoms with Crippen molar-refractivity contribution < 1.29 is 23.1 Å². The van der Waals surface area contributed by atoms with Crippen LogP contribution in [0.25, 0.3) is 0 Å². The maximum absolute atomic E-state index is 13.4. The van der Waals surface area contributed by atoms with Gasteiger partial charge in [-0.3, -0.25) is 4.79 Å². The molecule has 1 amide bonds. The van der Waals surface area contributed by atoms with Crippen molar-refractivity contribution in [3.05, 3.63) is 53.1 Å². The summed E-state index contributed by atoms with van der Waals surface area (Å²) in [4.78, 5) is 15.7. The first-order chi connectivity index (χ1) is 11.6. The van der Waals surface area contributed by atoms with E-state index in [1.54, 1.807) is 18.2 Å². The average Bonchev–Trinajstić information content (AvgIpc) is 2.95. The molecule has 136 valence electrons. The number of nitrogens with zero attached hydrogens (tertiary/aromatic N) is 2. The Balaban J connectivity index is 2.10. The van der Waals surface area contributed by atoms with Gasteiger partial charge in [0.2, 0.25) is 5.60 Å². The van der Waals surface area contributed by atoms with Crippen molar-refractivity contribution in [3.63, 3.8) is 0 Å². The Kier molecular flexibility index (Phi) is 5.22. The number of hydrogen-bond acceptors (Lipinski definition) is 3. The third-order valence-corrected chi connectivity index (χ3v) is 4.20. The number of aromatic nitrogens is 2. The smallest absolute Gasteiger partial charge is 0.374 e. The molecule has 1 unspecified atom stereocenters. The fraction of sp³-hybridized carbons (Fsp3) is 0.412. The SMILES string of the molecule is Cc1ccc(C(=O)NCCC(O)(c2nccn2C)C(F)(F)F)cc1C. The number of rotatable bonds is 5. The topological polar surface area (TPSA) is 67.2 Å². The van der Waals surface area contributed by atoms with E-state index < -0.39 is 29.9 Å². The number of carbonyl (C=O) groups is 1. The molecule has 0 aliphatic heterocycles. The molecular formula is C17H20F3N3O2. The molecule has 5 nitrogen and oxygen atoms in total. The second kappa shape index (κ2) is 6.87. The Morgan fingerprint density at radius 3 is 2.48 bits per heavy atom. The average molecular weight is 355 g/mol. The summed E-state index contributed by atoms with van der Waals surface area (Å²) >= 11 is 0. The second-order valence-electron chi connectivity index (χ2n) is 6.02. The van der Waals surface area contributed by atoms with Gasteiger partial charge in [-0.2, -0.15) is 13.2 Å². The normalized spacial score (nSPS) is 14.2. The van der Waals surface area contributed by atoms with Crippen LogP contribution in [0.2, 0.25) is 0 Å². The van der Waals surface area contributed by atoms with Gasteiger partial charge in [0.05, 0.1) is 0 Å². The standard InChI is InChI=1S/C17H20F3N3O2/c1-11-4-5-13(10-12(11)2)14(24)21-7-6-16(25,17(18,19)20)15-22-8-9-23(15)3/h4-5,8-10,25H,6-7H2,1-3H3,(H,21,24). The van der Waals surface area contributed by atoms with Crippen LogP contribution in [0.4, 0.5) is 13.2 Å². The molecule has 0 saturated carbocycles. The number of benzene rings is 1. The molecule has 0 radical (unpaired) electrons. The van der Waals surface area contributed by atoms with Gasteiger partial charge in [0.15, 0.2) is 0 Å². The lowest BCUT2D eigenvalue weighted by Gasteiger charge is -2.30. The minimum Gasteiger partial charge on any atom is -0.374 e. The van der Waals surface area contributed by atoms with Crippen LogP contribution in [0, 0.1) is 13.8 Å². The van der Waals surface area contributed by atoms with Crippen LogP contribution in [0.5, 0.6) is 0 Å². The number of aliphatic hydroxyl groups is 1. The summed E-state index contributed by atoms with van der Waals surface area (Å²) in [6.07, 6.45) is -3.16. The molecule has 1 atom stereocenters. The lowest BCUT2D eigenvalue weighted by molar-refractivity contribution is -0.272. The van der Waals surface area contributed by atoms with Gasteiger partial charge in [-0.15, -0.1) is 0 Å². The third kappa shape index (κ3) is 3.84. The predicted octanol–water partition coefficient (Wildman–Crippen LogP) is 2.61. The van der Waals surface area contributed by atoms with Crippen LogP contribution < -0.4 is 5.32 Å². The number of nitrogens with one attached hydrogen (secondary N) is 1. The van der Waals surface area contributed by atoms with Crippen LogP contribution in [0.3, 0.4) is 0 Å². The molecule has 0 bridgehead atoms. The van der Waals surface area contributed by atoms with Gasteiger partial charge in [-0.25, -0.2) is 4.98 Å². The van der Waals surface area contributed by atoms with Crippen molar-refractivity contribution in [1.82, 2.24) is 14.9 Å². The molecule has 0 aliphatic rings. The summed E-state index contributed by atoms with van der Waals surface area (Å²) in [5.74, 6) is -1.01. The van der Waals surface area contributed by atoms with Crippen LogP contribution in [-0.2, 0) is 12.6 Å². The molecule has 2 rings (SSSR count). The number of amides is 1. The van der Waals surface area contributed by atoms with Crippen molar-refractivity contribution in [2.24, 2.45) is 7.05 Å². The number of hydrogen-bond donors (Lipinski definition) is 2. The molecule has 1 aromatic carbocycles. The molecule has 1 heterocycles.